The first-order chi connectivity index (χ1) is 13.1. The van der Waals surface area contributed by atoms with Gasteiger partial charge in [0.05, 0.1) is 10.6 Å². The van der Waals surface area contributed by atoms with Crippen LogP contribution in [0.5, 0.6) is 0 Å². The van der Waals surface area contributed by atoms with Crippen molar-refractivity contribution in [2.24, 2.45) is 5.92 Å². The first kappa shape index (κ1) is 16.9. The SMILES string of the molecule is C[C@@H]1CCc2c(sc3c2C(=O)N[C@H](c2ccc(-c4ccccc4Cl)o2)N3)C1. The molecule has 0 unspecified atom stereocenters. The number of hydrogen-bond acceptors (Lipinski definition) is 4. The average molecular weight is 399 g/mol. The maximum Gasteiger partial charge on any atom is 0.256 e. The van der Waals surface area contributed by atoms with Gasteiger partial charge in [-0.3, -0.25) is 4.79 Å². The summed E-state index contributed by atoms with van der Waals surface area (Å²) < 4.78 is 6.02. The molecule has 3 aromatic rings. The Kier molecular flexibility index (Phi) is 4.02. The van der Waals surface area contributed by atoms with Gasteiger partial charge in [0.15, 0.2) is 6.17 Å². The van der Waals surface area contributed by atoms with Crippen LogP contribution < -0.4 is 10.6 Å². The molecular formula is C21H19ClN2O2S. The highest BCUT2D eigenvalue weighted by Gasteiger charge is 2.34. The van der Waals surface area contributed by atoms with E-state index in [0.29, 0.717) is 22.5 Å². The number of nitrogens with one attached hydrogen (secondary N) is 2. The van der Waals surface area contributed by atoms with Gasteiger partial charge in [-0.15, -0.1) is 11.3 Å². The lowest BCUT2D eigenvalue weighted by Gasteiger charge is -2.25. The van der Waals surface area contributed by atoms with Gasteiger partial charge in [0.2, 0.25) is 0 Å². The number of amides is 1. The van der Waals surface area contributed by atoms with E-state index in [-0.39, 0.29) is 12.1 Å². The smallest absolute Gasteiger partial charge is 0.256 e. The number of fused-ring (bicyclic) bond motifs is 3. The molecule has 2 aliphatic rings. The van der Waals surface area contributed by atoms with Gasteiger partial charge in [-0.2, -0.15) is 0 Å². The van der Waals surface area contributed by atoms with Gasteiger partial charge < -0.3 is 15.1 Å². The summed E-state index contributed by atoms with van der Waals surface area (Å²) >= 11 is 7.98. The van der Waals surface area contributed by atoms with Crippen LogP contribution in [0.4, 0.5) is 5.00 Å². The van der Waals surface area contributed by atoms with Crippen molar-refractivity contribution in [3.8, 4) is 11.3 Å². The van der Waals surface area contributed by atoms with Gasteiger partial charge in [0, 0.05) is 10.4 Å². The highest BCUT2D eigenvalue weighted by molar-refractivity contribution is 7.16. The molecule has 6 heteroatoms. The topological polar surface area (TPSA) is 54.3 Å². The van der Waals surface area contributed by atoms with Crippen molar-refractivity contribution in [1.29, 1.82) is 0 Å². The summed E-state index contributed by atoms with van der Waals surface area (Å²) in [7, 11) is 0. The second kappa shape index (κ2) is 6.43. The number of hydrogen-bond donors (Lipinski definition) is 2. The predicted octanol–water partition coefficient (Wildman–Crippen LogP) is 5.64. The van der Waals surface area contributed by atoms with Crippen molar-refractivity contribution in [1.82, 2.24) is 5.32 Å². The van der Waals surface area contributed by atoms with Crippen molar-refractivity contribution < 1.29 is 9.21 Å². The van der Waals surface area contributed by atoms with E-state index < -0.39 is 0 Å². The summed E-state index contributed by atoms with van der Waals surface area (Å²) in [5.74, 6) is 2.02. The van der Waals surface area contributed by atoms with Crippen molar-refractivity contribution in [3.05, 3.63) is 63.2 Å². The van der Waals surface area contributed by atoms with Gasteiger partial charge in [-0.1, -0.05) is 30.7 Å². The summed E-state index contributed by atoms with van der Waals surface area (Å²) in [5, 5.41) is 8.10. The first-order valence-corrected chi connectivity index (χ1v) is 10.4. The number of thiophene rings is 1. The Morgan fingerprint density at radius 3 is 2.89 bits per heavy atom. The normalized spacial score (nSPS) is 21.2. The molecular weight excluding hydrogens is 380 g/mol. The van der Waals surface area contributed by atoms with Crippen LogP contribution in [0.3, 0.4) is 0 Å². The zero-order valence-electron chi connectivity index (χ0n) is 14.8. The van der Waals surface area contributed by atoms with E-state index in [1.165, 1.54) is 10.4 Å². The largest absolute Gasteiger partial charge is 0.457 e. The first-order valence-electron chi connectivity index (χ1n) is 9.16. The monoisotopic (exact) mass is 398 g/mol. The summed E-state index contributed by atoms with van der Waals surface area (Å²) in [6.07, 6.45) is 2.81. The van der Waals surface area contributed by atoms with Crippen molar-refractivity contribution >= 4 is 33.8 Å². The van der Waals surface area contributed by atoms with E-state index in [1.54, 1.807) is 11.3 Å². The van der Waals surface area contributed by atoms with Crippen LogP contribution in [-0.4, -0.2) is 5.91 Å². The third-order valence-electron chi connectivity index (χ3n) is 5.34. The van der Waals surface area contributed by atoms with Crippen molar-refractivity contribution in [2.75, 3.05) is 5.32 Å². The van der Waals surface area contributed by atoms with Crippen LogP contribution in [0.25, 0.3) is 11.3 Å². The standard InChI is InChI=1S/C21H19ClN2O2S/c1-11-6-7-13-17(10-11)27-21-18(13)20(25)23-19(24-21)16-9-8-15(26-16)12-4-2-3-5-14(12)22/h2-5,8-9,11,19,24H,6-7,10H2,1H3,(H,23,25)/t11-,19+/m1/s1. The van der Waals surface area contributed by atoms with E-state index in [4.69, 9.17) is 16.0 Å². The van der Waals surface area contributed by atoms with E-state index in [2.05, 4.69) is 17.6 Å². The lowest BCUT2D eigenvalue weighted by Crippen LogP contribution is -2.38. The fourth-order valence-electron chi connectivity index (χ4n) is 3.92. The van der Waals surface area contributed by atoms with Crippen LogP contribution in [0.15, 0.2) is 40.8 Å². The van der Waals surface area contributed by atoms with Gasteiger partial charge in [0.1, 0.15) is 16.5 Å². The zero-order valence-corrected chi connectivity index (χ0v) is 16.4. The maximum absolute atomic E-state index is 12.8. The molecule has 138 valence electrons. The van der Waals surface area contributed by atoms with E-state index in [9.17, 15) is 4.79 Å². The predicted molar refractivity (Wildman–Crippen MR) is 108 cm³/mol. The summed E-state index contributed by atoms with van der Waals surface area (Å²) in [5.41, 5.74) is 2.90. The number of rotatable bonds is 2. The molecule has 0 radical (unpaired) electrons. The quantitative estimate of drug-likeness (QED) is 0.587. The number of furan rings is 1. The molecule has 2 N–H and O–H groups in total. The molecule has 2 atom stereocenters. The molecule has 0 saturated carbocycles. The molecule has 1 aromatic carbocycles. The van der Waals surface area contributed by atoms with Gasteiger partial charge >= 0.3 is 0 Å². The average Bonchev–Trinajstić information content (AvgIpc) is 3.26. The molecule has 0 fully saturated rings. The van der Waals surface area contributed by atoms with Gasteiger partial charge in [-0.05, 0) is 55.0 Å². The number of benzene rings is 1. The molecule has 1 aliphatic heterocycles. The zero-order chi connectivity index (χ0) is 18.5. The molecule has 0 bridgehead atoms. The van der Waals surface area contributed by atoms with E-state index in [1.807, 2.05) is 36.4 Å². The third kappa shape index (κ3) is 2.86. The molecule has 1 aliphatic carbocycles. The Balaban J connectivity index is 1.46. The molecule has 27 heavy (non-hydrogen) atoms. The van der Waals surface area contributed by atoms with Crippen LogP contribution >= 0.6 is 22.9 Å². The lowest BCUT2D eigenvalue weighted by molar-refractivity contribution is 0.0930. The fourth-order valence-corrected chi connectivity index (χ4v) is 5.58. The number of carbonyl (C=O) groups is 1. The Morgan fingerprint density at radius 1 is 1.19 bits per heavy atom. The Labute approximate surface area is 166 Å². The minimum Gasteiger partial charge on any atom is -0.457 e. The van der Waals surface area contributed by atoms with Crippen LogP contribution in [0.1, 0.15) is 46.1 Å². The highest BCUT2D eigenvalue weighted by atomic mass is 35.5. The minimum absolute atomic E-state index is 0.0171. The van der Waals surface area contributed by atoms with Crippen molar-refractivity contribution in [2.45, 2.75) is 32.4 Å². The molecule has 0 spiro atoms. The Morgan fingerprint density at radius 2 is 2.04 bits per heavy atom. The second-order valence-corrected chi connectivity index (χ2v) is 8.80. The second-order valence-electron chi connectivity index (χ2n) is 7.29. The molecule has 3 heterocycles. The molecule has 2 aromatic heterocycles. The molecule has 0 saturated heterocycles. The fraction of sp³-hybridized carbons (Fsp3) is 0.286. The maximum atomic E-state index is 12.8. The Bertz CT molecular complexity index is 1040. The van der Waals surface area contributed by atoms with Crippen LogP contribution in [0.2, 0.25) is 5.02 Å². The summed E-state index contributed by atoms with van der Waals surface area (Å²) in [6.45, 7) is 2.27. The molecule has 5 rings (SSSR count). The van der Waals surface area contributed by atoms with Crippen LogP contribution in [0, 0.1) is 5.92 Å². The van der Waals surface area contributed by atoms with Crippen molar-refractivity contribution in [3.63, 3.8) is 0 Å². The highest BCUT2D eigenvalue weighted by Crippen LogP contribution is 2.43. The summed E-state index contributed by atoms with van der Waals surface area (Å²) in [6, 6.07) is 11.3. The Hall–Kier alpha value is -2.24. The van der Waals surface area contributed by atoms with Gasteiger partial charge in [-0.25, -0.2) is 0 Å². The summed E-state index contributed by atoms with van der Waals surface area (Å²) in [4.78, 5) is 14.2. The minimum atomic E-state index is -0.376. The molecule has 1 amide bonds. The number of halogens is 1. The molecule has 4 nitrogen and oxygen atoms in total. The third-order valence-corrected chi connectivity index (χ3v) is 6.86. The van der Waals surface area contributed by atoms with E-state index >= 15 is 0 Å². The van der Waals surface area contributed by atoms with Crippen LogP contribution in [-0.2, 0) is 12.8 Å². The lowest BCUT2D eigenvalue weighted by atomic mass is 9.88. The van der Waals surface area contributed by atoms with E-state index in [0.717, 1.165) is 35.4 Å². The number of carbonyl (C=O) groups excluding carboxylic acids is 1. The number of anilines is 1. The van der Waals surface area contributed by atoms with Gasteiger partial charge in [0.25, 0.3) is 5.91 Å².